The first-order valence-electron chi connectivity index (χ1n) is 6.10. The van der Waals surface area contributed by atoms with Gasteiger partial charge in [-0.25, -0.2) is 0 Å². The number of benzene rings is 1. The van der Waals surface area contributed by atoms with Gasteiger partial charge in [0.25, 0.3) is 0 Å². The molecule has 0 aromatic heterocycles. The molecule has 0 amide bonds. The van der Waals surface area contributed by atoms with Crippen LogP contribution >= 0.6 is 11.8 Å². The molecule has 2 rings (SSSR count). The quantitative estimate of drug-likeness (QED) is 0.837. The lowest BCUT2D eigenvalue weighted by Gasteiger charge is -2.29. The lowest BCUT2D eigenvalue weighted by molar-refractivity contribution is -0.118. The largest absolute Gasteiger partial charge is 0.512 e. The second-order valence-electron chi connectivity index (χ2n) is 5.47. The minimum Gasteiger partial charge on any atom is -0.512 e. The summed E-state index contributed by atoms with van der Waals surface area (Å²) in [5.74, 6) is 0.928. The summed E-state index contributed by atoms with van der Waals surface area (Å²) >= 11 is 1.60. The Balaban J connectivity index is 2.07. The van der Waals surface area contributed by atoms with Crippen molar-refractivity contribution in [3.8, 4) is 0 Å². The first-order valence-corrected chi connectivity index (χ1v) is 7.08. The number of Topliss-reactive ketones (excluding diaryl/α,β-unsaturated/α-hetero) is 1. The predicted molar refractivity (Wildman–Crippen MR) is 74.8 cm³/mol. The van der Waals surface area contributed by atoms with Crippen molar-refractivity contribution in [3.63, 3.8) is 0 Å². The molecule has 0 unspecified atom stereocenters. The van der Waals surface area contributed by atoms with Gasteiger partial charge in [-0.2, -0.15) is 0 Å². The number of allylic oxidation sites excluding steroid dienone is 1. The fourth-order valence-electron chi connectivity index (χ4n) is 2.16. The number of rotatable bonds is 3. The van der Waals surface area contributed by atoms with Crippen LogP contribution in [0.15, 0.2) is 46.6 Å². The van der Waals surface area contributed by atoms with Crippen LogP contribution in [0, 0.1) is 5.41 Å². The molecule has 1 aliphatic carbocycles. The van der Waals surface area contributed by atoms with E-state index >= 15 is 0 Å². The van der Waals surface area contributed by atoms with Crippen molar-refractivity contribution in [3.05, 3.63) is 41.7 Å². The highest BCUT2D eigenvalue weighted by Gasteiger charge is 2.32. The topological polar surface area (TPSA) is 37.3 Å². The fraction of sp³-hybridized carbons (Fsp3) is 0.400. The Morgan fingerprint density at radius 3 is 2.50 bits per heavy atom. The van der Waals surface area contributed by atoms with Gasteiger partial charge >= 0.3 is 0 Å². The van der Waals surface area contributed by atoms with Crippen molar-refractivity contribution in [1.82, 2.24) is 0 Å². The van der Waals surface area contributed by atoms with Crippen LogP contribution in [0.4, 0.5) is 0 Å². The van der Waals surface area contributed by atoms with Crippen molar-refractivity contribution in [1.29, 1.82) is 0 Å². The molecule has 1 aliphatic rings. The van der Waals surface area contributed by atoms with Crippen LogP contribution in [0.1, 0.15) is 26.7 Å². The van der Waals surface area contributed by atoms with Gasteiger partial charge in [0, 0.05) is 29.1 Å². The highest BCUT2D eigenvalue weighted by Crippen LogP contribution is 2.37. The Kier molecular flexibility index (Phi) is 3.81. The highest BCUT2D eigenvalue weighted by atomic mass is 32.2. The smallest absolute Gasteiger partial charge is 0.163 e. The Morgan fingerprint density at radius 2 is 1.89 bits per heavy atom. The molecule has 1 aromatic rings. The summed E-state index contributed by atoms with van der Waals surface area (Å²) in [5, 5.41) is 10.00. The van der Waals surface area contributed by atoms with Gasteiger partial charge in [-0.05, 0) is 17.5 Å². The maximum Gasteiger partial charge on any atom is 0.163 e. The third kappa shape index (κ3) is 3.16. The number of aliphatic hydroxyl groups is 1. The van der Waals surface area contributed by atoms with E-state index in [2.05, 4.69) is 0 Å². The van der Waals surface area contributed by atoms with Gasteiger partial charge in [0.2, 0.25) is 0 Å². The van der Waals surface area contributed by atoms with E-state index < -0.39 is 0 Å². The summed E-state index contributed by atoms with van der Waals surface area (Å²) in [4.78, 5) is 13.1. The molecule has 0 bridgehead atoms. The van der Waals surface area contributed by atoms with Gasteiger partial charge in [-0.3, -0.25) is 4.79 Å². The zero-order valence-electron chi connectivity index (χ0n) is 10.8. The Morgan fingerprint density at radius 1 is 1.22 bits per heavy atom. The second kappa shape index (κ2) is 5.19. The molecule has 18 heavy (non-hydrogen) atoms. The molecule has 0 saturated heterocycles. The van der Waals surface area contributed by atoms with E-state index in [1.807, 2.05) is 44.2 Å². The number of carbonyl (C=O) groups is 1. The van der Waals surface area contributed by atoms with E-state index in [4.69, 9.17) is 0 Å². The fourth-order valence-corrected chi connectivity index (χ4v) is 3.15. The van der Waals surface area contributed by atoms with Gasteiger partial charge in [-0.1, -0.05) is 32.0 Å². The van der Waals surface area contributed by atoms with Crippen molar-refractivity contribution in [2.24, 2.45) is 5.41 Å². The first-order chi connectivity index (χ1) is 8.48. The molecule has 0 radical (unpaired) electrons. The van der Waals surface area contributed by atoms with Crippen molar-refractivity contribution in [2.75, 3.05) is 5.75 Å². The summed E-state index contributed by atoms with van der Waals surface area (Å²) in [6, 6.07) is 9.94. The van der Waals surface area contributed by atoms with Crippen molar-refractivity contribution < 1.29 is 9.90 Å². The Labute approximate surface area is 112 Å². The number of hydrogen-bond donors (Lipinski definition) is 1. The average molecular weight is 262 g/mol. The normalized spacial score (nSPS) is 19.1. The van der Waals surface area contributed by atoms with Crippen LogP contribution in [0.5, 0.6) is 0 Å². The maximum absolute atomic E-state index is 12.0. The summed E-state index contributed by atoms with van der Waals surface area (Å²) in [6.07, 6.45) is 1.13. The average Bonchev–Trinajstić information content (AvgIpc) is 2.27. The monoisotopic (exact) mass is 262 g/mol. The molecular weight excluding hydrogens is 244 g/mol. The van der Waals surface area contributed by atoms with Gasteiger partial charge in [0.1, 0.15) is 5.76 Å². The van der Waals surface area contributed by atoms with Crippen LogP contribution in [0.25, 0.3) is 0 Å². The Hall–Kier alpha value is -1.22. The zero-order chi connectivity index (χ0) is 13.2. The SMILES string of the molecule is CC1(C)CC(=O)C(CSc2ccccc2)=C(O)C1. The van der Waals surface area contributed by atoms with Gasteiger partial charge < -0.3 is 5.11 Å². The molecule has 3 heteroatoms. The van der Waals surface area contributed by atoms with E-state index in [0.29, 0.717) is 24.2 Å². The van der Waals surface area contributed by atoms with E-state index in [9.17, 15) is 9.90 Å². The predicted octanol–water partition coefficient (Wildman–Crippen LogP) is 3.98. The van der Waals surface area contributed by atoms with E-state index in [0.717, 1.165) is 4.90 Å². The van der Waals surface area contributed by atoms with Crippen molar-refractivity contribution >= 4 is 17.5 Å². The number of thioether (sulfide) groups is 1. The molecule has 0 fully saturated rings. The van der Waals surface area contributed by atoms with Crippen LogP contribution < -0.4 is 0 Å². The van der Waals surface area contributed by atoms with Crippen LogP contribution in [-0.4, -0.2) is 16.6 Å². The minimum absolute atomic E-state index is 0.0900. The third-order valence-electron chi connectivity index (χ3n) is 3.10. The molecule has 96 valence electrons. The second-order valence-corrected chi connectivity index (χ2v) is 6.52. The molecule has 1 N–H and O–H groups in total. The van der Waals surface area contributed by atoms with E-state index in [1.165, 1.54) is 0 Å². The first kappa shape index (κ1) is 13.2. The maximum atomic E-state index is 12.0. The summed E-state index contributed by atoms with van der Waals surface area (Å²) < 4.78 is 0. The van der Waals surface area contributed by atoms with Gasteiger partial charge in [0.05, 0.1) is 0 Å². The Bertz CT molecular complexity index is 475. The lowest BCUT2D eigenvalue weighted by Crippen LogP contribution is -2.26. The van der Waals surface area contributed by atoms with Crippen LogP contribution in [0.2, 0.25) is 0 Å². The molecule has 0 atom stereocenters. The van der Waals surface area contributed by atoms with Crippen LogP contribution in [0.3, 0.4) is 0 Å². The summed E-state index contributed by atoms with van der Waals surface area (Å²) in [6.45, 7) is 4.03. The number of hydrogen-bond acceptors (Lipinski definition) is 3. The molecular formula is C15H18O2S. The van der Waals surface area contributed by atoms with Crippen LogP contribution in [-0.2, 0) is 4.79 Å². The molecule has 0 saturated carbocycles. The molecule has 0 heterocycles. The number of aliphatic hydroxyl groups excluding tert-OH is 1. The van der Waals surface area contributed by atoms with E-state index in [-0.39, 0.29) is 17.0 Å². The molecule has 0 aliphatic heterocycles. The minimum atomic E-state index is -0.109. The standard InChI is InChI=1S/C15H18O2S/c1-15(2)8-13(16)12(14(17)9-15)10-18-11-6-4-3-5-7-11/h3-7,16H,8-10H2,1-2H3. The summed E-state index contributed by atoms with van der Waals surface area (Å²) in [7, 11) is 0. The number of carbonyl (C=O) groups excluding carboxylic acids is 1. The van der Waals surface area contributed by atoms with Gasteiger partial charge in [0.15, 0.2) is 5.78 Å². The van der Waals surface area contributed by atoms with E-state index in [1.54, 1.807) is 11.8 Å². The van der Waals surface area contributed by atoms with Gasteiger partial charge in [-0.15, -0.1) is 11.8 Å². The van der Waals surface area contributed by atoms with Crippen molar-refractivity contribution in [2.45, 2.75) is 31.6 Å². The number of ketones is 1. The molecule has 0 spiro atoms. The lowest BCUT2D eigenvalue weighted by atomic mass is 9.77. The third-order valence-corrected chi connectivity index (χ3v) is 4.13. The summed E-state index contributed by atoms with van der Waals surface area (Å²) in [5.41, 5.74) is 0.491. The highest BCUT2D eigenvalue weighted by molar-refractivity contribution is 7.99. The zero-order valence-corrected chi connectivity index (χ0v) is 11.6. The molecule has 1 aromatic carbocycles. The molecule has 2 nitrogen and oxygen atoms in total.